The molecule has 0 unspecified atom stereocenters. The van der Waals surface area contributed by atoms with Gasteiger partial charge in [0.05, 0.1) is 6.54 Å². The predicted molar refractivity (Wildman–Crippen MR) is 115 cm³/mol. The van der Waals surface area contributed by atoms with E-state index in [0.717, 1.165) is 42.7 Å². The molecule has 2 fully saturated rings. The first-order valence-electron chi connectivity index (χ1n) is 11.1. The van der Waals surface area contributed by atoms with Crippen LogP contribution in [0.15, 0.2) is 24.3 Å². The highest BCUT2D eigenvalue weighted by Gasteiger charge is 2.52. The Kier molecular flexibility index (Phi) is 7.13. The molecule has 4 amide bonds. The highest BCUT2D eigenvalue weighted by atomic mass is 16.2. The van der Waals surface area contributed by atoms with E-state index >= 15 is 0 Å². The normalized spacial score (nSPS) is 19.3. The Hall–Kier alpha value is -2.41. The number of rotatable bonds is 8. The van der Waals surface area contributed by atoms with Gasteiger partial charge in [0.15, 0.2) is 0 Å². The SMILES string of the molecule is CCCc1ccc([C@@H](NCC(=O)NN2C(=O)NC3(CCCCC3)C2=O)C(C)C)cc1. The Morgan fingerprint density at radius 2 is 1.80 bits per heavy atom. The molecule has 0 aromatic heterocycles. The predicted octanol–water partition coefficient (Wildman–Crippen LogP) is 3.21. The lowest BCUT2D eigenvalue weighted by Gasteiger charge is -2.30. The van der Waals surface area contributed by atoms with E-state index in [0.29, 0.717) is 12.8 Å². The third-order valence-corrected chi connectivity index (χ3v) is 6.13. The van der Waals surface area contributed by atoms with E-state index < -0.39 is 17.5 Å². The van der Waals surface area contributed by atoms with Gasteiger partial charge in [-0.1, -0.05) is 70.7 Å². The summed E-state index contributed by atoms with van der Waals surface area (Å²) < 4.78 is 0. The molecule has 2 aliphatic rings. The van der Waals surface area contributed by atoms with Gasteiger partial charge in [0.1, 0.15) is 5.54 Å². The van der Waals surface area contributed by atoms with E-state index in [2.05, 4.69) is 61.1 Å². The van der Waals surface area contributed by atoms with E-state index in [1.807, 2.05) is 0 Å². The third kappa shape index (κ3) is 4.83. The Morgan fingerprint density at radius 3 is 2.40 bits per heavy atom. The van der Waals surface area contributed by atoms with E-state index in [4.69, 9.17) is 0 Å². The summed E-state index contributed by atoms with van der Waals surface area (Å²) >= 11 is 0. The summed E-state index contributed by atoms with van der Waals surface area (Å²) in [7, 11) is 0. The largest absolute Gasteiger partial charge is 0.344 e. The number of nitrogens with one attached hydrogen (secondary N) is 3. The second kappa shape index (κ2) is 9.60. The summed E-state index contributed by atoms with van der Waals surface area (Å²) in [4.78, 5) is 37.6. The molecule has 3 rings (SSSR count). The molecule has 7 heteroatoms. The number of hydrogen-bond donors (Lipinski definition) is 3. The Bertz CT molecular complexity index is 769. The Balaban J connectivity index is 1.58. The van der Waals surface area contributed by atoms with Crippen molar-refractivity contribution in [1.82, 2.24) is 21.1 Å². The van der Waals surface area contributed by atoms with Crippen LogP contribution in [0.4, 0.5) is 4.79 Å². The smallest absolute Gasteiger partial charge is 0.322 e. The minimum absolute atomic E-state index is 0.000723. The summed E-state index contributed by atoms with van der Waals surface area (Å²) in [5.41, 5.74) is 4.08. The molecule has 0 bridgehead atoms. The molecule has 1 heterocycles. The number of imide groups is 1. The van der Waals surface area contributed by atoms with Crippen LogP contribution in [-0.4, -0.2) is 34.9 Å². The Labute approximate surface area is 178 Å². The van der Waals surface area contributed by atoms with Crippen molar-refractivity contribution in [3.8, 4) is 0 Å². The molecule has 7 nitrogen and oxygen atoms in total. The summed E-state index contributed by atoms with van der Waals surface area (Å²) in [5.74, 6) is -0.468. The van der Waals surface area contributed by atoms with Crippen molar-refractivity contribution in [2.75, 3.05) is 6.54 Å². The van der Waals surface area contributed by atoms with Crippen LogP contribution in [0.5, 0.6) is 0 Å². The average Bonchev–Trinajstić information content (AvgIpc) is 2.94. The van der Waals surface area contributed by atoms with E-state index in [9.17, 15) is 14.4 Å². The number of hydrazine groups is 1. The molecule has 1 aromatic carbocycles. The number of carbonyl (C=O) groups excluding carboxylic acids is 3. The van der Waals surface area contributed by atoms with Gasteiger partial charge in [-0.2, -0.15) is 5.01 Å². The van der Waals surface area contributed by atoms with Crippen LogP contribution < -0.4 is 16.1 Å². The molecular formula is C23H34N4O3. The average molecular weight is 415 g/mol. The molecule has 30 heavy (non-hydrogen) atoms. The van der Waals surface area contributed by atoms with Gasteiger partial charge in [-0.15, -0.1) is 0 Å². The first kappa shape index (κ1) is 22.3. The summed E-state index contributed by atoms with van der Waals surface area (Å²) in [6, 6.07) is 7.93. The van der Waals surface area contributed by atoms with Gasteiger partial charge in [-0.3, -0.25) is 15.0 Å². The van der Waals surface area contributed by atoms with Gasteiger partial charge in [-0.05, 0) is 36.3 Å². The van der Waals surface area contributed by atoms with E-state index in [-0.39, 0.29) is 24.4 Å². The van der Waals surface area contributed by atoms with Crippen molar-refractivity contribution >= 4 is 17.8 Å². The van der Waals surface area contributed by atoms with Crippen molar-refractivity contribution < 1.29 is 14.4 Å². The zero-order valence-electron chi connectivity index (χ0n) is 18.3. The second-order valence-corrected chi connectivity index (χ2v) is 8.84. The Morgan fingerprint density at radius 1 is 1.13 bits per heavy atom. The fraction of sp³-hybridized carbons (Fsp3) is 0.609. The van der Waals surface area contributed by atoms with Gasteiger partial charge in [-0.25, -0.2) is 4.79 Å². The molecular weight excluding hydrogens is 380 g/mol. The number of amides is 4. The number of nitrogens with zero attached hydrogens (tertiary/aromatic N) is 1. The van der Waals surface area contributed by atoms with Crippen LogP contribution in [0.1, 0.15) is 76.5 Å². The molecule has 1 saturated heterocycles. The van der Waals surface area contributed by atoms with Crippen molar-refractivity contribution in [1.29, 1.82) is 0 Å². The van der Waals surface area contributed by atoms with Crippen LogP contribution in [-0.2, 0) is 16.0 Å². The van der Waals surface area contributed by atoms with Crippen LogP contribution in [0.2, 0.25) is 0 Å². The third-order valence-electron chi connectivity index (χ3n) is 6.13. The summed E-state index contributed by atoms with van der Waals surface area (Å²) in [6.07, 6.45) is 6.30. The molecule has 164 valence electrons. The van der Waals surface area contributed by atoms with Crippen molar-refractivity contribution in [2.45, 2.75) is 77.3 Å². The van der Waals surface area contributed by atoms with Crippen LogP contribution in [0, 0.1) is 5.92 Å². The molecule has 1 atom stereocenters. The number of benzene rings is 1. The maximum absolute atomic E-state index is 12.8. The first-order valence-corrected chi connectivity index (χ1v) is 11.1. The molecule has 3 N–H and O–H groups in total. The van der Waals surface area contributed by atoms with E-state index in [1.54, 1.807) is 0 Å². The second-order valence-electron chi connectivity index (χ2n) is 8.84. The van der Waals surface area contributed by atoms with E-state index in [1.165, 1.54) is 5.56 Å². The van der Waals surface area contributed by atoms with Crippen molar-refractivity contribution in [3.05, 3.63) is 35.4 Å². The van der Waals surface area contributed by atoms with Gasteiger partial charge < -0.3 is 10.6 Å². The van der Waals surface area contributed by atoms with Gasteiger partial charge >= 0.3 is 6.03 Å². The quantitative estimate of drug-likeness (QED) is 0.570. The van der Waals surface area contributed by atoms with Crippen LogP contribution >= 0.6 is 0 Å². The van der Waals surface area contributed by atoms with Gasteiger partial charge in [0.25, 0.3) is 11.8 Å². The molecule has 1 saturated carbocycles. The molecule has 1 aliphatic carbocycles. The number of hydrogen-bond acceptors (Lipinski definition) is 4. The van der Waals surface area contributed by atoms with Crippen LogP contribution in [0.25, 0.3) is 0 Å². The topological polar surface area (TPSA) is 90.5 Å². The zero-order valence-corrected chi connectivity index (χ0v) is 18.3. The summed E-state index contributed by atoms with van der Waals surface area (Å²) in [6.45, 7) is 6.37. The zero-order chi connectivity index (χ0) is 21.7. The minimum Gasteiger partial charge on any atom is -0.322 e. The standard InChI is InChI=1S/C23H34N4O3/c1-4-8-17-9-11-18(12-10-17)20(16(2)3)24-15-19(28)26-27-21(29)23(25-22(27)30)13-6-5-7-14-23/h9-12,16,20,24H,4-8,13-15H2,1-3H3,(H,25,30)(H,26,28)/t20-/m0/s1. The highest BCUT2D eigenvalue weighted by Crippen LogP contribution is 2.33. The lowest BCUT2D eigenvalue weighted by Crippen LogP contribution is -2.52. The van der Waals surface area contributed by atoms with Crippen LogP contribution in [0.3, 0.4) is 0 Å². The molecule has 1 aliphatic heterocycles. The lowest BCUT2D eigenvalue weighted by molar-refractivity contribution is -0.139. The maximum atomic E-state index is 12.8. The lowest BCUT2D eigenvalue weighted by atomic mass is 9.82. The maximum Gasteiger partial charge on any atom is 0.344 e. The van der Waals surface area contributed by atoms with Crippen molar-refractivity contribution in [3.63, 3.8) is 0 Å². The first-order chi connectivity index (χ1) is 14.4. The minimum atomic E-state index is -0.837. The molecule has 0 radical (unpaired) electrons. The number of aryl methyl sites for hydroxylation is 1. The van der Waals surface area contributed by atoms with Gasteiger partial charge in [0.2, 0.25) is 0 Å². The summed E-state index contributed by atoms with van der Waals surface area (Å²) in [5, 5.41) is 6.94. The molecule has 1 spiro atoms. The van der Waals surface area contributed by atoms with Crippen molar-refractivity contribution in [2.24, 2.45) is 5.92 Å². The highest BCUT2D eigenvalue weighted by molar-refractivity contribution is 6.08. The molecule has 1 aromatic rings. The number of urea groups is 1. The number of carbonyl (C=O) groups is 3. The fourth-order valence-corrected chi connectivity index (χ4v) is 4.50. The van der Waals surface area contributed by atoms with Gasteiger partial charge in [0, 0.05) is 6.04 Å². The fourth-order valence-electron chi connectivity index (χ4n) is 4.50. The monoisotopic (exact) mass is 414 g/mol.